The van der Waals surface area contributed by atoms with Crippen molar-refractivity contribution in [3.63, 3.8) is 0 Å². The molecule has 1 aromatic heterocycles. The predicted octanol–water partition coefficient (Wildman–Crippen LogP) is 3.92. The Morgan fingerprint density at radius 3 is 2.82 bits per heavy atom. The number of ether oxygens (including phenoxy) is 2. The third-order valence-electron chi connectivity index (χ3n) is 4.64. The molecule has 0 saturated heterocycles. The molecule has 3 rings (SSSR count). The fourth-order valence-electron chi connectivity index (χ4n) is 3.13. The standard InChI is InChI=1S/C21H26N2O4S/c1-3-26-20(25)15-8-11-17-18(13-15)28-21(22-17)23-19(24)5-4-12-27-16-9-6-14(2)7-10-16/h6-7,9-10,15H,3-5,8,11-13H2,1-2H3,(H,22,23,24). The average molecular weight is 403 g/mol. The Hall–Kier alpha value is -2.41. The minimum absolute atomic E-state index is 0.0689. The highest BCUT2D eigenvalue weighted by Crippen LogP contribution is 2.33. The highest BCUT2D eigenvalue weighted by Gasteiger charge is 2.28. The van der Waals surface area contributed by atoms with Crippen molar-refractivity contribution >= 4 is 28.3 Å². The fraction of sp³-hybridized carbons (Fsp3) is 0.476. The van der Waals surface area contributed by atoms with E-state index in [1.165, 1.54) is 16.9 Å². The number of aromatic nitrogens is 1. The number of rotatable bonds is 8. The van der Waals surface area contributed by atoms with Gasteiger partial charge in [0.05, 0.1) is 24.8 Å². The van der Waals surface area contributed by atoms with E-state index in [1.54, 1.807) is 0 Å². The van der Waals surface area contributed by atoms with E-state index < -0.39 is 0 Å². The van der Waals surface area contributed by atoms with Gasteiger partial charge in [-0.3, -0.25) is 9.59 Å². The second-order valence-corrected chi connectivity index (χ2v) is 7.98. The Balaban J connectivity index is 1.42. The SMILES string of the molecule is CCOC(=O)C1CCc2nc(NC(=O)CCCOc3ccc(C)cc3)sc2C1. The zero-order valence-electron chi connectivity index (χ0n) is 16.3. The lowest BCUT2D eigenvalue weighted by Gasteiger charge is -2.18. The highest BCUT2D eigenvalue weighted by molar-refractivity contribution is 7.15. The summed E-state index contributed by atoms with van der Waals surface area (Å²) in [5, 5.41) is 3.48. The van der Waals surface area contributed by atoms with Crippen molar-refractivity contribution in [2.75, 3.05) is 18.5 Å². The number of aryl methyl sites for hydroxylation is 2. The number of amides is 1. The fourth-order valence-corrected chi connectivity index (χ4v) is 4.23. The van der Waals surface area contributed by atoms with Gasteiger partial charge in [-0.25, -0.2) is 4.98 Å². The van der Waals surface area contributed by atoms with Crippen LogP contribution in [0.3, 0.4) is 0 Å². The largest absolute Gasteiger partial charge is 0.494 e. The monoisotopic (exact) mass is 402 g/mol. The summed E-state index contributed by atoms with van der Waals surface area (Å²) in [6.07, 6.45) is 3.15. The van der Waals surface area contributed by atoms with Crippen LogP contribution < -0.4 is 10.1 Å². The van der Waals surface area contributed by atoms with Crippen LogP contribution in [-0.4, -0.2) is 30.1 Å². The van der Waals surface area contributed by atoms with Gasteiger partial charge < -0.3 is 14.8 Å². The van der Waals surface area contributed by atoms with Crippen molar-refractivity contribution in [1.29, 1.82) is 0 Å². The topological polar surface area (TPSA) is 77.5 Å². The van der Waals surface area contributed by atoms with E-state index in [1.807, 2.05) is 38.1 Å². The van der Waals surface area contributed by atoms with Gasteiger partial charge in [0.2, 0.25) is 5.91 Å². The summed E-state index contributed by atoms with van der Waals surface area (Å²) in [6.45, 7) is 4.74. The third kappa shape index (κ3) is 5.55. The molecule has 0 fully saturated rings. The van der Waals surface area contributed by atoms with E-state index in [0.717, 1.165) is 29.2 Å². The summed E-state index contributed by atoms with van der Waals surface area (Å²) >= 11 is 1.46. The molecule has 1 atom stereocenters. The molecule has 0 saturated carbocycles. The second-order valence-electron chi connectivity index (χ2n) is 6.89. The smallest absolute Gasteiger partial charge is 0.309 e. The third-order valence-corrected chi connectivity index (χ3v) is 5.68. The van der Waals surface area contributed by atoms with Gasteiger partial charge in [-0.1, -0.05) is 17.7 Å². The number of nitrogens with one attached hydrogen (secondary N) is 1. The summed E-state index contributed by atoms with van der Waals surface area (Å²) in [4.78, 5) is 29.7. The number of fused-ring (bicyclic) bond motifs is 1. The molecule has 7 heteroatoms. The molecule has 1 aromatic carbocycles. The number of nitrogens with zero attached hydrogens (tertiary/aromatic N) is 1. The van der Waals surface area contributed by atoms with Gasteiger partial charge in [-0.2, -0.15) is 0 Å². The lowest BCUT2D eigenvalue weighted by atomic mass is 9.91. The molecule has 6 nitrogen and oxygen atoms in total. The van der Waals surface area contributed by atoms with Gasteiger partial charge in [0.1, 0.15) is 5.75 Å². The Morgan fingerprint density at radius 1 is 1.29 bits per heavy atom. The second kappa shape index (κ2) is 9.68. The number of carbonyl (C=O) groups excluding carboxylic acids is 2. The lowest BCUT2D eigenvalue weighted by Crippen LogP contribution is -2.24. The molecule has 2 aromatic rings. The first-order valence-corrected chi connectivity index (χ1v) is 10.5. The predicted molar refractivity (Wildman–Crippen MR) is 109 cm³/mol. The molecule has 28 heavy (non-hydrogen) atoms. The Bertz CT molecular complexity index is 816. The van der Waals surface area contributed by atoms with E-state index in [2.05, 4.69) is 10.3 Å². The molecular formula is C21H26N2O4S. The van der Waals surface area contributed by atoms with E-state index in [4.69, 9.17) is 9.47 Å². The van der Waals surface area contributed by atoms with Crippen LogP contribution in [0.25, 0.3) is 0 Å². The zero-order chi connectivity index (χ0) is 19.9. The first-order chi connectivity index (χ1) is 13.5. The number of hydrogen-bond acceptors (Lipinski definition) is 6. The number of benzene rings is 1. The van der Waals surface area contributed by atoms with E-state index in [9.17, 15) is 9.59 Å². The molecule has 1 N–H and O–H groups in total. The maximum absolute atomic E-state index is 12.2. The Kier molecular flexibility index (Phi) is 7.03. The van der Waals surface area contributed by atoms with Gasteiger partial charge >= 0.3 is 5.97 Å². The maximum atomic E-state index is 12.2. The van der Waals surface area contributed by atoms with Crippen molar-refractivity contribution in [2.24, 2.45) is 5.92 Å². The lowest BCUT2D eigenvalue weighted by molar-refractivity contribution is -0.148. The molecule has 0 spiro atoms. The average Bonchev–Trinajstić information content (AvgIpc) is 3.08. The van der Waals surface area contributed by atoms with Crippen LogP contribution in [0.15, 0.2) is 24.3 Å². The summed E-state index contributed by atoms with van der Waals surface area (Å²) in [7, 11) is 0. The van der Waals surface area contributed by atoms with Gasteiger partial charge in [-0.15, -0.1) is 11.3 Å². The van der Waals surface area contributed by atoms with Crippen LogP contribution in [-0.2, 0) is 27.2 Å². The summed E-state index contributed by atoms with van der Waals surface area (Å²) in [6, 6.07) is 7.86. The van der Waals surface area contributed by atoms with Gasteiger partial charge in [0.15, 0.2) is 5.13 Å². The number of esters is 1. The molecule has 0 aliphatic heterocycles. The summed E-state index contributed by atoms with van der Waals surface area (Å²) in [5.74, 6) is 0.506. The van der Waals surface area contributed by atoms with Crippen LogP contribution >= 0.6 is 11.3 Å². The number of anilines is 1. The molecule has 150 valence electrons. The molecule has 1 aliphatic carbocycles. The van der Waals surface area contributed by atoms with Crippen molar-refractivity contribution in [1.82, 2.24) is 4.98 Å². The van der Waals surface area contributed by atoms with Crippen LogP contribution in [0.4, 0.5) is 5.13 Å². The number of thiazole rings is 1. The minimum Gasteiger partial charge on any atom is -0.494 e. The molecule has 0 radical (unpaired) electrons. The van der Waals surface area contributed by atoms with Crippen LogP contribution in [0.5, 0.6) is 5.75 Å². The van der Waals surface area contributed by atoms with E-state index in [-0.39, 0.29) is 17.8 Å². The van der Waals surface area contributed by atoms with Crippen molar-refractivity contribution < 1.29 is 19.1 Å². The van der Waals surface area contributed by atoms with Gasteiger partial charge in [-0.05, 0) is 51.7 Å². The molecule has 0 bridgehead atoms. The number of hydrogen-bond donors (Lipinski definition) is 1. The van der Waals surface area contributed by atoms with Crippen LogP contribution in [0.2, 0.25) is 0 Å². The van der Waals surface area contributed by atoms with E-state index in [0.29, 0.717) is 37.6 Å². The molecule has 1 unspecified atom stereocenters. The molecular weight excluding hydrogens is 376 g/mol. The molecule has 1 amide bonds. The Labute approximate surface area is 169 Å². The zero-order valence-corrected chi connectivity index (χ0v) is 17.1. The van der Waals surface area contributed by atoms with Crippen molar-refractivity contribution in [3.05, 3.63) is 40.4 Å². The first-order valence-electron chi connectivity index (χ1n) is 9.69. The normalized spacial score (nSPS) is 15.6. The minimum atomic E-state index is -0.138. The quantitative estimate of drug-likeness (QED) is 0.535. The first kappa shape index (κ1) is 20.3. The van der Waals surface area contributed by atoms with Gasteiger partial charge in [0, 0.05) is 11.3 Å². The van der Waals surface area contributed by atoms with Crippen LogP contribution in [0.1, 0.15) is 42.3 Å². The van der Waals surface area contributed by atoms with Crippen molar-refractivity contribution in [2.45, 2.75) is 46.0 Å². The molecule has 1 heterocycles. The summed E-state index contributed by atoms with van der Waals surface area (Å²) in [5.41, 5.74) is 2.18. The van der Waals surface area contributed by atoms with Crippen molar-refractivity contribution in [3.8, 4) is 5.75 Å². The number of carbonyl (C=O) groups is 2. The van der Waals surface area contributed by atoms with Gasteiger partial charge in [0.25, 0.3) is 0 Å². The highest BCUT2D eigenvalue weighted by atomic mass is 32.1. The van der Waals surface area contributed by atoms with E-state index >= 15 is 0 Å². The maximum Gasteiger partial charge on any atom is 0.309 e. The molecule has 1 aliphatic rings. The van der Waals surface area contributed by atoms with Crippen LogP contribution in [0, 0.1) is 12.8 Å². The summed E-state index contributed by atoms with van der Waals surface area (Å²) < 4.78 is 10.8. The Morgan fingerprint density at radius 2 is 2.07 bits per heavy atom.